The molecule has 0 aromatic heterocycles. The number of nitrogens with zero attached hydrogens (tertiary/aromatic N) is 1. The van der Waals surface area contributed by atoms with Crippen molar-refractivity contribution in [3.63, 3.8) is 0 Å². The second-order valence-electron chi connectivity index (χ2n) is 3.95. The lowest BCUT2D eigenvalue weighted by molar-refractivity contribution is -0.140. The van der Waals surface area contributed by atoms with E-state index in [1.165, 1.54) is 19.2 Å². The molecule has 0 saturated carbocycles. The zero-order valence-electron chi connectivity index (χ0n) is 11.0. The van der Waals surface area contributed by atoms with Crippen LogP contribution < -0.4 is 5.73 Å². The number of benzene rings is 1. The van der Waals surface area contributed by atoms with Crippen molar-refractivity contribution in [2.45, 2.75) is 18.2 Å². The molecule has 106 valence electrons. The fourth-order valence-corrected chi connectivity index (χ4v) is 3.19. The molecular formula is C12H18N2O4S. The number of ether oxygens (including phenoxy) is 1. The van der Waals surface area contributed by atoms with Crippen molar-refractivity contribution >= 4 is 21.7 Å². The molecule has 0 unspecified atom stereocenters. The molecule has 0 radical (unpaired) electrons. The van der Waals surface area contributed by atoms with Crippen molar-refractivity contribution in [3.8, 4) is 0 Å². The number of nitrogen functional groups attached to an aromatic ring is 1. The maximum absolute atomic E-state index is 12.4. The highest BCUT2D eigenvalue weighted by Crippen LogP contribution is 2.21. The number of rotatable bonds is 6. The van der Waals surface area contributed by atoms with Gasteiger partial charge in [-0.05, 0) is 18.6 Å². The molecule has 0 fully saturated rings. The SMILES string of the molecule is CCCN(CC(=O)OC)S(=O)(=O)c1ccccc1N. The quantitative estimate of drug-likeness (QED) is 0.618. The van der Waals surface area contributed by atoms with Gasteiger partial charge in [0.05, 0.1) is 12.8 Å². The number of methoxy groups -OCH3 is 1. The number of carbonyl (C=O) groups excluding carboxylic acids is 1. The largest absolute Gasteiger partial charge is 0.468 e. The molecular weight excluding hydrogens is 268 g/mol. The number of para-hydroxylation sites is 1. The summed E-state index contributed by atoms with van der Waals surface area (Å²) in [7, 11) is -2.57. The van der Waals surface area contributed by atoms with E-state index >= 15 is 0 Å². The van der Waals surface area contributed by atoms with Crippen LogP contribution in [0.5, 0.6) is 0 Å². The van der Waals surface area contributed by atoms with Crippen molar-refractivity contribution in [2.24, 2.45) is 0 Å². The van der Waals surface area contributed by atoms with Crippen LogP contribution in [0.15, 0.2) is 29.2 Å². The lowest BCUT2D eigenvalue weighted by Crippen LogP contribution is -2.37. The maximum Gasteiger partial charge on any atom is 0.321 e. The number of esters is 1. The van der Waals surface area contributed by atoms with Crippen LogP contribution in [0.1, 0.15) is 13.3 Å². The minimum Gasteiger partial charge on any atom is -0.468 e. The van der Waals surface area contributed by atoms with Crippen LogP contribution in [0.3, 0.4) is 0 Å². The van der Waals surface area contributed by atoms with E-state index in [4.69, 9.17) is 5.73 Å². The molecule has 0 amide bonds. The minimum atomic E-state index is -3.79. The highest BCUT2D eigenvalue weighted by Gasteiger charge is 2.27. The van der Waals surface area contributed by atoms with Gasteiger partial charge in [-0.2, -0.15) is 4.31 Å². The molecule has 0 heterocycles. The summed E-state index contributed by atoms with van der Waals surface area (Å²) in [6, 6.07) is 6.17. The molecule has 0 saturated heterocycles. The highest BCUT2D eigenvalue weighted by molar-refractivity contribution is 7.89. The van der Waals surface area contributed by atoms with E-state index in [0.717, 1.165) is 4.31 Å². The molecule has 2 N–H and O–H groups in total. The zero-order chi connectivity index (χ0) is 14.5. The second-order valence-corrected chi connectivity index (χ2v) is 5.86. The molecule has 0 aliphatic carbocycles. The van der Waals surface area contributed by atoms with Crippen molar-refractivity contribution in [2.75, 3.05) is 25.9 Å². The third-order valence-electron chi connectivity index (χ3n) is 2.54. The van der Waals surface area contributed by atoms with Crippen LogP contribution in [0.25, 0.3) is 0 Å². The Kier molecular flexibility index (Phi) is 5.31. The van der Waals surface area contributed by atoms with Gasteiger partial charge in [0.15, 0.2) is 0 Å². The van der Waals surface area contributed by atoms with Crippen LogP contribution in [0, 0.1) is 0 Å². The first-order chi connectivity index (χ1) is 8.93. The van der Waals surface area contributed by atoms with E-state index in [1.54, 1.807) is 12.1 Å². The summed E-state index contributed by atoms with van der Waals surface area (Å²) < 4.78 is 30.5. The molecule has 19 heavy (non-hydrogen) atoms. The Labute approximate surface area is 113 Å². The van der Waals surface area contributed by atoms with Crippen molar-refractivity contribution < 1.29 is 17.9 Å². The van der Waals surface area contributed by atoms with E-state index in [2.05, 4.69) is 4.74 Å². The van der Waals surface area contributed by atoms with Gasteiger partial charge in [0, 0.05) is 6.54 Å². The Morgan fingerprint density at radius 2 is 2.00 bits per heavy atom. The third-order valence-corrected chi connectivity index (χ3v) is 4.46. The van der Waals surface area contributed by atoms with E-state index in [0.29, 0.717) is 6.42 Å². The van der Waals surface area contributed by atoms with Crippen molar-refractivity contribution in [1.82, 2.24) is 4.31 Å². The predicted octanol–water partition coefficient (Wildman–Crippen LogP) is 0.842. The van der Waals surface area contributed by atoms with Crippen LogP contribution >= 0.6 is 0 Å². The van der Waals surface area contributed by atoms with E-state index < -0.39 is 16.0 Å². The van der Waals surface area contributed by atoms with Crippen LogP contribution in [0.2, 0.25) is 0 Å². The molecule has 1 rings (SSSR count). The van der Waals surface area contributed by atoms with Gasteiger partial charge in [-0.3, -0.25) is 4.79 Å². The summed E-state index contributed by atoms with van der Waals surface area (Å²) in [5.74, 6) is -0.605. The topological polar surface area (TPSA) is 89.7 Å². The first-order valence-electron chi connectivity index (χ1n) is 5.85. The average Bonchev–Trinajstić information content (AvgIpc) is 2.38. The minimum absolute atomic E-state index is 0.00681. The molecule has 0 atom stereocenters. The third kappa shape index (κ3) is 3.68. The lowest BCUT2D eigenvalue weighted by atomic mass is 10.3. The number of hydrogen-bond acceptors (Lipinski definition) is 5. The molecule has 0 spiro atoms. The summed E-state index contributed by atoms with van der Waals surface area (Å²) >= 11 is 0. The Bertz CT molecular complexity index is 542. The van der Waals surface area contributed by atoms with Gasteiger partial charge in [0.25, 0.3) is 0 Å². The maximum atomic E-state index is 12.4. The fraction of sp³-hybridized carbons (Fsp3) is 0.417. The summed E-state index contributed by atoms with van der Waals surface area (Å²) in [6.07, 6.45) is 0.586. The van der Waals surface area contributed by atoms with Crippen LogP contribution in [-0.4, -0.2) is 38.9 Å². The molecule has 6 nitrogen and oxygen atoms in total. The molecule has 0 aliphatic heterocycles. The van der Waals surface area contributed by atoms with Crippen molar-refractivity contribution in [3.05, 3.63) is 24.3 Å². The van der Waals surface area contributed by atoms with E-state index in [9.17, 15) is 13.2 Å². The highest BCUT2D eigenvalue weighted by atomic mass is 32.2. The van der Waals surface area contributed by atoms with Gasteiger partial charge in [-0.25, -0.2) is 8.42 Å². The Hall–Kier alpha value is -1.60. The number of hydrogen-bond donors (Lipinski definition) is 1. The molecule has 1 aromatic carbocycles. The van der Waals surface area contributed by atoms with Gasteiger partial charge in [-0.15, -0.1) is 0 Å². The summed E-state index contributed by atoms with van der Waals surface area (Å²) in [5.41, 5.74) is 5.84. The van der Waals surface area contributed by atoms with Gasteiger partial charge in [0.1, 0.15) is 11.4 Å². The van der Waals surface area contributed by atoms with Gasteiger partial charge < -0.3 is 10.5 Å². The van der Waals surface area contributed by atoms with Gasteiger partial charge in [0.2, 0.25) is 10.0 Å². The number of sulfonamides is 1. The number of anilines is 1. The fourth-order valence-electron chi connectivity index (χ4n) is 1.60. The van der Waals surface area contributed by atoms with Gasteiger partial charge in [-0.1, -0.05) is 19.1 Å². The first kappa shape index (κ1) is 15.5. The second kappa shape index (κ2) is 6.53. The van der Waals surface area contributed by atoms with Gasteiger partial charge >= 0.3 is 5.97 Å². The first-order valence-corrected chi connectivity index (χ1v) is 7.29. The monoisotopic (exact) mass is 286 g/mol. The van der Waals surface area contributed by atoms with Crippen LogP contribution in [-0.2, 0) is 19.6 Å². The van der Waals surface area contributed by atoms with Crippen LogP contribution in [0.4, 0.5) is 5.69 Å². The van der Waals surface area contributed by atoms with E-state index in [-0.39, 0.29) is 23.7 Å². The summed E-state index contributed by atoms with van der Waals surface area (Å²) in [5, 5.41) is 0. The van der Waals surface area contributed by atoms with E-state index in [1.807, 2.05) is 6.92 Å². The normalized spacial score (nSPS) is 11.5. The molecule has 0 aliphatic rings. The summed E-state index contributed by atoms with van der Waals surface area (Å²) in [6.45, 7) is 1.74. The summed E-state index contributed by atoms with van der Waals surface area (Å²) in [4.78, 5) is 11.3. The number of nitrogens with two attached hydrogens (primary N) is 1. The smallest absolute Gasteiger partial charge is 0.321 e. The predicted molar refractivity (Wildman–Crippen MR) is 71.9 cm³/mol. The van der Waals surface area contributed by atoms with Crippen molar-refractivity contribution in [1.29, 1.82) is 0 Å². The lowest BCUT2D eigenvalue weighted by Gasteiger charge is -2.21. The molecule has 1 aromatic rings. The molecule has 0 bridgehead atoms. The average molecular weight is 286 g/mol. The number of carbonyl (C=O) groups is 1. The zero-order valence-corrected chi connectivity index (χ0v) is 11.8. The Balaban J connectivity index is 3.13. The molecule has 7 heteroatoms. The Morgan fingerprint density at radius 1 is 1.37 bits per heavy atom. The Morgan fingerprint density at radius 3 is 2.53 bits per heavy atom. The standard InChI is InChI=1S/C12H18N2O4S/c1-3-8-14(9-12(15)18-2)19(16,17)11-7-5-4-6-10(11)13/h4-7H,3,8-9,13H2,1-2H3.